The average molecular weight is 886 g/mol. The van der Waals surface area contributed by atoms with Gasteiger partial charge in [-0.25, -0.2) is 0 Å². The summed E-state index contributed by atoms with van der Waals surface area (Å²) < 4.78 is 5.82. The lowest BCUT2D eigenvalue weighted by Gasteiger charge is -2.24. The van der Waals surface area contributed by atoms with Crippen LogP contribution < -0.4 is 5.32 Å². The van der Waals surface area contributed by atoms with Gasteiger partial charge in [0.2, 0.25) is 5.91 Å². The minimum atomic E-state index is -0.832. The molecular formula is C58H95NO5. The summed E-state index contributed by atoms with van der Waals surface area (Å²) in [4.78, 5) is 26.1. The van der Waals surface area contributed by atoms with Crippen molar-refractivity contribution in [3.8, 4) is 0 Å². The topological polar surface area (TPSA) is 95.9 Å². The highest BCUT2D eigenvalue weighted by atomic mass is 16.5. The molecule has 0 radical (unpaired) electrons. The highest BCUT2D eigenvalue weighted by Crippen LogP contribution is 2.16. The summed E-state index contributed by atoms with van der Waals surface area (Å²) in [7, 11) is 0. The van der Waals surface area contributed by atoms with Gasteiger partial charge in [-0.1, -0.05) is 251 Å². The van der Waals surface area contributed by atoms with Gasteiger partial charge in [0.25, 0.3) is 0 Å². The molecule has 0 aliphatic heterocycles. The first-order chi connectivity index (χ1) is 31.5. The SMILES string of the molecule is CC/C=C\C/C=C\C/C=C\C/C=C\C/C=C\CC(CC(=O)NC(CO)C(O)CCCCCCCCCCCCCCCCCCC)OC(=O)CCC/C=C/C=C\C=C/C=C/C=C/CC. The first-order valence-corrected chi connectivity index (χ1v) is 25.8. The van der Waals surface area contributed by atoms with Crippen molar-refractivity contribution in [3.63, 3.8) is 0 Å². The molecule has 362 valence electrons. The number of hydrogen-bond donors (Lipinski definition) is 3. The van der Waals surface area contributed by atoms with Crippen molar-refractivity contribution in [3.05, 3.63) is 122 Å². The van der Waals surface area contributed by atoms with E-state index in [1.165, 1.54) is 89.9 Å². The molecule has 3 atom stereocenters. The number of aliphatic hydroxyl groups excluding tert-OH is 2. The molecule has 6 heteroatoms. The summed E-state index contributed by atoms with van der Waals surface area (Å²) in [6.45, 7) is 6.17. The van der Waals surface area contributed by atoms with Crippen molar-refractivity contribution < 1.29 is 24.5 Å². The number of carbonyl (C=O) groups excluding carboxylic acids is 2. The van der Waals surface area contributed by atoms with Crippen LogP contribution in [0.1, 0.15) is 207 Å². The maximum atomic E-state index is 13.2. The van der Waals surface area contributed by atoms with E-state index < -0.39 is 18.2 Å². The summed E-state index contributed by atoms with van der Waals surface area (Å²) >= 11 is 0. The maximum absolute atomic E-state index is 13.2. The third-order valence-electron chi connectivity index (χ3n) is 10.9. The molecule has 0 rings (SSSR count). The van der Waals surface area contributed by atoms with Gasteiger partial charge in [-0.2, -0.15) is 0 Å². The van der Waals surface area contributed by atoms with Crippen molar-refractivity contribution >= 4 is 11.9 Å². The second-order valence-corrected chi connectivity index (χ2v) is 16.9. The molecular weight excluding hydrogens is 791 g/mol. The van der Waals surface area contributed by atoms with E-state index in [9.17, 15) is 19.8 Å². The van der Waals surface area contributed by atoms with Gasteiger partial charge in [-0.15, -0.1) is 0 Å². The molecule has 0 aliphatic rings. The van der Waals surface area contributed by atoms with E-state index in [-0.39, 0.29) is 31.3 Å². The third-order valence-corrected chi connectivity index (χ3v) is 10.9. The van der Waals surface area contributed by atoms with Crippen LogP contribution in [0, 0.1) is 0 Å². The monoisotopic (exact) mass is 886 g/mol. The lowest BCUT2D eigenvalue weighted by molar-refractivity contribution is -0.150. The zero-order chi connectivity index (χ0) is 46.7. The fourth-order valence-corrected chi connectivity index (χ4v) is 7.07. The smallest absolute Gasteiger partial charge is 0.306 e. The van der Waals surface area contributed by atoms with E-state index in [1.54, 1.807) is 0 Å². The number of ether oxygens (including phenoxy) is 1. The van der Waals surface area contributed by atoms with Gasteiger partial charge in [-0.3, -0.25) is 9.59 Å². The van der Waals surface area contributed by atoms with Gasteiger partial charge in [0.15, 0.2) is 0 Å². The normalized spacial score (nSPS) is 14.3. The molecule has 3 N–H and O–H groups in total. The molecule has 0 spiro atoms. The van der Waals surface area contributed by atoms with E-state index >= 15 is 0 Å². The van der Waals surface area contributed by atoms with E-state index in [0.717, 1.165) is 64.2 Å². The fraction of sp³-hybridized carbons (Fsp3) is 0.621. The number of carbonyl (C=O) groups is 2. The standard InChI is InChI=1S/C58H95NO5/c1-4-7-10-13-16-19-22-25-27-28-30-33-35-38-41-44-47-50-56(61)55(53-60)59-57(62)52-54(49-46-43-40-37-34-32-29-26-23-20-17-14-11-8-5-2)64-58(63)51-48-45-42-39-36-31-24-21-18-15-12-9-6-3/h8-9,11-12,15,17-18,20-21,24,26,29,31,34,36-37,39,42-43,46,54-56,60-61H,4-7,10,13-14,16,19,22-23,25,27-28,30,32-33,35,38,40-41,44-45,47-53H2,1-3H3,(H,59,62)/b11-8-,12-9+,18-15+,20-17-,24-21-,29-26-,36-31-,37-34-,42-39+,46-43-. The predicted molar refractivity (Wildman–Crippen MR) is 277 cm³/mol. The zero-order valence-electron chi connectivity index (χ0n) is 41.1. The molecule has 0 aromatic rings. The number of amides is 1. The summed E-state index contributed by atoms with van der Waals surface area (Å²) in [6, 6.07) is -0.755. The van der Waals surface area contributed by atoms with E-state index in [0.29, 0.717) is 19.3 Å². The Morgan fingerprint density at radius 2 is 0.922 bits per heavy atom. The van der Waals surface area contributed by atoms with E-state index in [2.05, 4.69) is 80.8 Å². The number of nitrogens with one attached hydrogen (secondary N) is 1. The van der Waals surface area contributed by atoms with Gasteiger partial charge in [-0.05, 0) is 57.8 Å². The summed E-state index contributed by atoms with van der Waals surface area (Å²) in [5.41, 5.74) is 0. The first-order valence-electron chi connectivity index (χ1n) is 25.8. The summed E-state index contributed by atoms with van der Waals surface area (Å²) in [6.07, 6.45) is 70.0. The molecule has 0 fully saturated rings. The lowest BCUT2D eigenvalue weighted by Crippen LogP contribution is -2.46. The second kappa shape index (κ2) is 50.3. The minimum absolute atomic E-state index is 0.0370. The molecule has 0 bridgehead atoms. The Labute approximate surface area is 393 Å². The van der Waals surface area contributed by atoms with Crippen LogP contribution in [0.2, 0.25) is 0 Å². The van der Waals surface area contributed by atoms with Crippen LogP contribution in [-0.2, 0) is 14.3 Å². The first kappa shape index (κ1) is 60.3. The molecule has 0 heterocycles. The van der Waals surface area contributed by atoms with Gasteiger partial charge >= 0.3 is 5.97 Å². The predicted octanol–water partition coefficient (Wildman–Crippen LogP) is 15.7. The quantitative estimate of drug-likeness (QED) is 0.0245. The van der Waals surface area contributed by atoms with Crippen LogP contribution in [0.5, 0.6) is 0 Å². The Balaban J connectivity index is 4.77. The van der Waals surface area contributed by atoms with Crippen LogP contribution in [-0.4, -0.2) is 46.9 Å². The average Bonchev–Trinajstić information content (AvgIpc) is 3.29. The Kier molecular flexibility index (Phi) is 47.3. The van der Waals surface area contributed by atoms with Gasteiger partial charge in [0, 0.05) is 12.8 Å². The van der Waals surface area contributed by atoms with Crippen molar-refractivity contribution in [2.75, 3.05) is 6.61 Å². The van der Waals surface area contributed by atoms with Crippen LogP contribution in [0.25, 0.3) is 0 Å². The molecule has 64 heavy (non-hydrogen) atoms. The number of allylic oxidation sites excluding steroid dienone is 19. The molecule has 0 aromatic heterocycles. The van der Waals surface area contributed by atoms with Crippen LogP contribution in [0.3, 0.4) is 0 Å². The van der Waals surface area contributed by atoms with Crippen LogP contribution in [0.15, 0.2) is 122 Å². The largest absolute Gasteiger partial charge is 0.461 e. The van der Waals surface area contributed by atoms with Crippen LogP contribution in [0.4, 0.5) is 0 Å². The van der Waals surface area contributed by atoms with Gasteiger partial charge in [0.1, 0.15) is 6.10 Å². The maximum Gasteiger partial charge on any atom is 0.306 e. The molecule has 6 nitrogen and oxygen atoms in total. The summed E-state index contributed by atoms with van der Waals surface area (Å²) in [5, 5.41) is 23.7. The molecule has 0 aromatic carbocycles. The van der Waals surface area contributed by atoms with Crippen LogP contribution >= 0.6 is 0 Å². The Morgan fingerprint density at radius 3 is 1.39 bits per heavy atom. The molecule has 3 unspecified atom stereocenters. The Hall–Kier alpha value is -3.74. The number of esters is 1. The molecule has 0 saturated heterocycles. The summed E-state index contributed by atoms with van der Waals surface area (Å²) in [5.74, 6) is -0.680. The molecule has 0 saturated carbocycles. The number of unbranched alkanes of at least 4 members (excludes halogenated alkanes) is 17. The lowest BCUT2D eigenvalue weighted by atomic mass is 10.0. The van der Waals surface area contributed by atoms with Crippen molar-refractivity contribution in [2.45, 2.75) is 225 Å². The van der Waals surface area contributed by atoms with Crippen molar-refractivity contribution in [2.24, 2.45) is 0 Å². The van der Waals surface area contributed by atoms with Gasteiger partial charge < -0.3 is 20.3 Å². The minimum Gasteiger partial charge on any atom is -0.461 e. The molecule has 1 amide bonds. The second-order valence-electron chi connectivity index (χ2n) is 16.9. The van der Waals surface area contributed by atoms with E-state index in [1.807, 2.05) is 66.8 Å². The third kappa shape index (κ3) is 44.9. The fourth-order valence-electron chi connectivity index (χ4n) is 7.07. The van der Waals surface area contributed by atoms with E-state index in [4.69, 9.17) is 4.74 Å². The van der Waals surface area contributed by atoms with Crippen molar-refractivity contribution in [1.82, 2.24) is 5.32 Å². The highest BCUT2D eigenvalue weighted by molar-refractivity contribution is 5.77. The highest BCUT2D eigenvalue weighted by Gasteiger charge is 2.23. The number of aliphatic hydroxyl groups is 2. The van der Waals surface area contributed by atoms with Gasteiger partial charge in [0.05, 0.1) is 25.2 Å². The number of hydrogen-bond acceptors (Lipinski definition) is 5. The Morgan fingerprint density at radius 1 is 0.500 bits per heavy atom. The number of rotatable bonds is 44. The van der Waals surface area contributed by atoms with Crippen molar-refractivity contribution in [1.29, 1.82) is 0 Å². The Bertz CT molecular complexity index is 1360. The zero-order valence-corrected chi connectivity index (χ0v) is 41.1. The molecule has 0 aliphatic carbocycles.